The molecule has 90 valence electrons. The Kier molecular flexibility index (Phi) is 3.20. The first kappa shape index (κ1) is 10.9. The van der Waals surface area contributed by atoms with E-state index < -0.39 is 0 Å². The molecular weight excluding hydrogens is 234 g/mol. The van der Waals surface area contributed by atoms with E-state index >= 15 is 0 Å². The molecule has 4 nitrogen and oxygen atoms in total. The smallest absolute Gasteiger partial charge is 0.227 e. The molecule has 1 N–H and O–H groups in total. The van der Waals surface area contributed by atoms with Crippen molar-refractivity contribution in [1.29, 1.82) is 0 Å². The highest BCUT2D eigenvalue weighted by Crippen LogP contribution is 2.21. The van der Waals surface area contributed by atoms with Crippen molar-refractivity contribution in [3.8, 4) is 11.4 Å². The van der Waals surface area contributed by atoms with Crippen molar-refractivity contribution in [3.05, 3.63) is 22.7 Å². The number of nitrogens with one attached hydrogen (secondary N) is 1. The summed E-state index contributed by atoms with van der Waals surface area (Å²) in [6.45, 7) is 2.21. The van der Waals surface area contributed by atoms with Crippen molar-refractivity contribution >= 4 is 11.3 Å². The number of hydrogen-bond donors (Lipinski definition) is 1. The normalized spacial score (nSPS) is 17.4. The fourth-order valence-electron chi connectivity index (χ4n) is 2.18. The topological polar surface area (TPSA) is 51.0 Å². The van der Waals surface area contributed by atoms with Crippen LogP contribution < -0.4 is 5.32 Å². The van der Waals surface area contributed by atoms with Gasteiger partial charge in [-0.2, -0.15) is 16.3 Å². The zero-order valence-electron chi connectivity index (χ0n) is 9.56. The van der Waals surface area contributed by atoms with Gasteiger partial charge in [-0.25, -0.2) is 0 Å². The quantitative estimate of drug-likeness (QED) is 0.907. The molecule has 5 heteroatoms. The first-order valence-electron chi connectivity index (χ1n) is 5.98. The highest BCUT2D eigenvalue weighted by Gasteiger charge is 2.17. The van der Waals surface area contributed by atoms with Gasteiger partial charge in [-0.05, 0) is 43.3 Å². The third-order valence-corrected chi connectivity index (χ3v) is 3.85. The van der Waals surface area contributed by atoms with Gasteiger partial charge in [0.1, 0.15) is 0 Å². The van der Waals surface area contributed by atoms with Crippen LogP contribution in [0.5, 0.6) is 0 Å². The first-order chi connectivity index (χ1) is 8.42. The van der Waals surface area contributed by atoms with Crippen LogP contribution in [0.2, 0.25) is 0 Å². The third kappa shape index (κ3) is 2.56. The van der Waals surface area contributed by atoms with E-state index in [0.29, 0.717) is 5.92 Å². The van der Waals surface area contributed by atoms with Crippen LogP contribution in [0.4, 0.5) is 0 Å². The number of hydrogen-bond acceptors (Lipinski definition) is 5. The number of thiophene rings is 1. The molecule has 0 amide bonds. The van der Waals surface area contributed by atoms with Crippen molar-refractivity contribution in [1.82, 2.24) is 15.5 Å². The molecule has 0 unspecified atom stereocenters. The minimum Gasteiger partial charge on any atom is -0.339 e. The van der Waals surface area contributed by atoms with Crippen molar-refractivity contribution in [2.75, 3.05) is 13.1 Å². The molecule has 1 aliphatic rings. The van der Waals surface area contributed by atoms with E-state index in [1.165, 1.54) is 12.8 Å². The number of rotatable bonds is 3. The molecule has 0 bridgehead atoms. The lowest BCUT2D eigenvalue weighted by atomic mass is 9.95. The Labute approximate surface area is 104 Å². The molecule has 1 aliphatic heterocycles. The monoisotopic (exact) mass is 249 g/mol. The van der Waals surface area contributed by atoms with E-state index in [2.05, 4.69) is 15.5 Å². The van der Waals surface area contributed by atoms with E-state index in [1.54, 1.807) is 11.3 Å². The Morgan fingerprint density at radius 1 is 1.41 bits per heavy atom. The summed E-state index contributed by atoms with van der Waals surface area (Å²) in [6, 6.07) is 2.02. The van der Waals surface area contributed by atoms with Crippen molar-refractivity contribution in [2.24, 2.45) is 5.92 Å². The molecule has 0 atom stereocenters. The van der Waals surface area contributed by atoms with Crippen molar-refractivity contribution < 1.29 is 4.52 Å². The largest absolute Gasteiger partial charge is 0.339 e. The van der Waals surface area contributed by atoms with Gasteiger partial charge in [0.05, 0.1) is 0 Å². The summed E-state index contributed by atoms with van der Waals surface area (Å²) in [5.74, 6) is 2.18. The second-order valence-corrected chi connectivity index (χ2v) is 5.20. The minimum atomic E-state index is 0.687. The lowest BCUT2D eigenvalue weighted by Crippen LogP contribution is -2.28. The summed E-state index contributed by atoms with van der Waals surface area (Å²) in [5, 5.41) is 11.5. The maximum Gasteiger partial charge on any atom is 0.227 e. The molecule has 0 spiro atoms. The zero-order chi connectivity index (χ0) is 11.5. The molecule has 0 saturated carbocycles. The maximum atomic E-state index is 5.31. The molecule has 3 heterocycles. The lowest BCUT2D eigenvalue weighted by Gasteiger charge is -2.20. The predicted molar refractivity (Wildman–Crippen MR) is 66.9 cm³/mol. The molecule has 0 aliphatic carbocycles. The standard InChI is InChI=1S/C12H15N3OS/c1-4-13-5-2-9(1)7-11-14-12(15-16-11)10-3-6-17-8-10/h3,6,8-9,13H,1-2,4-5,7H2. The zero-order valence-corrected chi connectivity index (χ0v) is 10.4. The number of piperidine rings is 1. The van der Waals surface area contributed by atoms with Gasteiger partial charge in [0, 0.05) is 17.4 Å². The van der Waals surface area contributed by atoms with Crippen molar-refractivity contribution in [3.63, 3.8) is 0 Å². The highest BCUT2D eigenvalue weighted by atomic mass is 32.1. The van der Waals surface area contributed by atoms with E-state index in [0.717, 1.165) is 36.8 Å². The van der Waals surface area contributed by atoms with Crippen LogP contribution in [0, 0.1) is 5.92 Å². The van der Waals surface area contributed by atoms with E-state index in [-0.39, 0.29) is 0 Å². The van der Waals surface area contributed by atoms with Crippen LogP contribution in [-0.4, -0.2) is 23.2 Å². The maximum absolute atomic E-state index is 5.31. The summed E-state index contributed by atoms with van der Waals surface area (Å²) in [4.78, 5) is 4.46. The average molecular weight is 249 g/mol. The second kappa shape index (κ2) is 4.98. The molecule has 2 aromatic rings. The summed E-state index contributed by atoms with van der Waals surface area (Å²) in [6.07, 6.45) is 3.32. The van der Waals surface area contributed by atoms with Gasteiger partial charge >= 0.3 is 0 Å². The lowest BCUT2D eigenvalue weighted by molar-refractivity contribution is 0.313. The second-order valence-electron chi connectivity index (χ2n) is 4.42. The Morgan fingerprint density at radius 2 is 2.29 bits per heavy atom. The summed E-state index contributed by atoms with van der Waals surface area (Å²) in [5.41, 5.74) is 1.05. The Morgan fingerprint density at radius 3 is 3.06 bits per heavy atom. The summed E-state index contributed by atoms with van der Waals surface area (Å²) < 4.78 is 5.31. The fraction of sp³-hybridized carbons (Fsp3) is 0.500. The van der Waals surface area contributed by atoms with Gasteiger partial charge in [-0.1, -0.05) is 5.16 Å². The first-order valence-corrected chi connectivity index (χ1v) is 6.92. The van der Waals surface area contributed by atoms with Crippen LogP contribution >= 0.6 is 11.3 Å². The molecular formula is C12H15N3OS. The van der Waals surface area contributed by atoms with Crippen LogP contribution in [0.1, 0.15) is 18.7 Å². The van der Waals surface area contributed by atoms with Crippen LogP contribution in [0.25, 0.3) is 11.4 Å². The van der Waals surface area contributed by atoms with Gasteiger partial charge in [0.2, 0.25) is 11.7 Å². The van der Waals surface area contributed by atoms with Crippen LogP contribution in [0.3, 0.4) is 0 Å². The fourth-order valence-corrected chi connectivity index (χ4v) is 2.81. The van der Waals surface area contributed by atoms with Gasteiger partial charge in [-0.3, -0.25) is 0 Å². The Balaban J connectivity index is 1.68. The molecule has 0 radical (unpaired) electrons. The van der Waals surface area contributed by atoms with Gasteiger partial charge in [0.15, 0.2) is 0 Å². The van der Waals surface area contributed by atoms with Crippen molar-refractivity contribution in [2.45, 2.75) is 19.3 Å². The summed E-state index contributed by atoms with van der Waals surface area (Å²) in [7, 11) is 0. The molecule has 0 aromatic carbocycles. The molecule has 1 fully saturated rings. The number of aromatic nitrogens is 2. The third-order valence-electron chi connectivity index (χ3n) is 3.17. The minimum absolute atomic E-state index is 0.687. The molecule has 1 saturated heterocycles. The Hall–Kier alpha value is -1.20. The molecule has 3 rings (SSSR count). The van der Waals surface area contributed by atoms with Gasteiger partial charge < -0.3 is 9.84 Å². The SMILES string of the molecule is c1cc(-c2noc(CC3CCNCC3)n2)cs1. The van der Waals surface area contributed by atoms with Crippen LogP contribution in [-0.2, 0) is 6.42 Å². The van der Waals surface area contributed by atoms with Gasteiger partial charge in [-0.15, -0.1) is 0 Å². The summed E-state index contributed by atoms with van der Waals surface area (Å²) >= 11 is 1.65. The van der Waals surface area contributed by atoms with E-state index in [4.69, 9.17) is 4.52 Å². The van der Waals surface area contributed by atoms with E-state index in [1.807, 2.05) is 16.8 Å². The van der Waals surface area contributed by atoms with Crippen LogP contribution in [0.15, 0.2) is 21.3 Å². The average Bonchev–Trinajstić information content (AvgIpc) is 3.00. The predicted octanol–water partition coefficient (Wildman–Crippen LogP) is 2.34. The highest BCUT2D eigenvalue weighted by molar-refractivity contribution is 7.08. The Bertz CT molecular complexity index is 460. The molecule has 17 heavy (non-hydrogen) atoms. The molecule has 2 aromatic heterocycles. The number of nitrogens with zero attached hydrogens (tertiary/aromatic N) is 2. The van der Waals surface area contributed by atoms with Gasteiger partial charge in [0.25, 0.3) is 0 Å². The van der Waals surface area contributed by atoms with E-state index in [9.17, 15) is 0 Å².